The number of rotatable bonds is 6. The average molecular weight is 268 g/mol. The number of nitrogens with zero attached hydrogens (tertiary/aromatic N) is 1. The number of nitrogens with one attached hydrogen (secondary N) is 1. The fraction of sp³-hybridized carbons (Fsp3) is 0.875. The third-order valence-electron chi connectivity index (χ3n) is 3.92. The highest BCUT2D eigenvalue weighted by molar-refractivity contribution is 4.91. The molecular weight excluding hydrogens is 236 g/mol. The van der Waals surface area contributed by atoms with Crippen LogP contribution in [0.15, 0.2) is 12.2 Å². The number of piperazine rings is 1. The lowest BCUT2D eigenvalue weighted by molar-refractivity contribution is 0.0504. The van der Waals surface area contributed by atoms with E-state index in [-0.39, 0.29) is 0 Å². The van der Waals surface area contributed by atoms with Crippen LogP contribution in [0.3, 0.4) is 0 Å². The van der Waals surface area contributed by atoms with Crippen molar-refractivity contribution in [2.75, 3.05) is 32.8 Å². The number of ether oxygens (including phenoxy) is 1. The third-order valence-corrected chi connectivity index (χ3v) is 3.92. The van der Waals surface area contributed by atoms with Crippen molar-refractivity contribution >= 4 is 0 Å². The minimum atomic E-state index is 0.315. The summed E-state index contributed by atoms with van der Waals surface area (Å²) >= 11 is 0. The molecule has 1 aliphatic rings. The predicted octanol–water partition coefficient (Wildman–Crippen LogP) is 2.68. The molecule has 19 heavy (non-hydrogen) atoms. The lowest BCUT2D eigenvalue weighted by Crippen LogP contribution is -2.60. The third kappa shape index (κ3) is 5.64. The highest BCUT2D eigenvalue weighted by Crippen LogP contribution is 2.24. The van der Waals surface area contributed by atoms with Gasteiger partial charge < -0.3 is 10.1 Å². The molecule has 1 N–H and O–H groups in total. The summed E-state index contributed by atoms with van der Waals surface area (Å²) in [5.41, 5.74) is 1.41. The van der Waals surface area contributed by atoms with E-state index in [1.54, 1.807) is 0 Å². The van der Waals surface area contributed by atoms with E-state index in [2.05, 4.69) is 44.5 Å². The first-order valence-corrected chi connectivity index (χ1v) is 7.54. The first-order chi connectivity index (χ1) is 8.84. The van der Waals surface area contributed by atoms with E-state index in [9.17, 15) is 0 Å². The molecule has 0 bridgehead atoms. The van der Waals surface area contributed by atoms with Crippen molar-refractivity contribution in [3.63, 3.8) is 0 Å². The van der Waals surface area contributed by atoms with Crippen LogP contribution in [0.5, 0.6) is 0 Å². The standard InChI is InChI=1S/C16H32N2O/c1-7-14-10-17-15(16(4,5)6)11-18(14)8-9-19-12-13(2)3/h14-15,17H,2,7-12H2,1,3-6H3. The molecule has 3 nitrogen and oxygen atoms in total. The van der Waals surface area contributed by atoms with E-state index in [0.29, 0.717) is 24.1 Å². The molecule has 0 aromatic rings. The zero-order valence-electron chi connectivity index (χ0n) is 13.5. The molecule has 2 unspecified atom stereocenters. The Bertz CT molecular complexity index is 283. The van der Waals surface area contributed by atoms with Crippen LogP contribution < -0.4 is 5.32 Å². The van der Waals surface area contributed by atoms with Crippen molar-refractivity contribution in [2.24, 2.45) is 5.41 Å². The number of hydrogen-bond donors (Lipinski definition) is 1. The summed E-state index contributed by atoms with van der Waals surface area (Å²) in [5, 5.41) is 3.70. The molecule has 0 aromatic heterocycles. The monoisotopic (exact) mass is 268 g/mol. The van der Waals surface area contributed by atoms with Gasteiger partial charge in [0, 0.05) is 31.7 Å². The first kappa shape index (κ1) is 16.7. The highest BCUT2D eigenvalue weighted by atomic mass is 16.5. The summed E-state index contributed by atoms with van der Waals surface area (Å²) in [6.07, 6.45) is 1.20. The SMILES string of the molecule is C=C(C)COCCN1CC(C(C)(C)C)NCC1CC. The second-order valence-corrected chi connectivity index (χ2v) is 6.89. The van der Waals surface area contributed by atoms with Gasteiger partial charge in [-0.05, 0) is 18.8 Å². The molecule has 1 rings (SSSR count). The second kappa shape index (κ2) is 7.41. The largest absolute Gasteiger partial charge is 0.376 e. The van der Waals surface area contributed by atoms with Gasteiger partial charge >= 0.3 is 0 Å². The predicted molar refractivity (Wildman–Crippen MR) is 82.5 cm³/mol. The molecular formula is C16H32N2O. The van der Waals surface area contributed by atoms with Crippen molar-refractivity contribution in [3.05, 3.63) is 12.2 Å². The molecule has 1 aliphatic heterocycles. The van der Waals surface area contributed by atoms with Gasteiger partial charge in [0.2, 0.25) is 0 Å². The van der Waals surface area contributed by atoms with Crippen molar-refractivity contribution in [1.82, 2.24) is 10.2 Å². The zero-order valence-corrected chi connectivity index (χ0v) is 13.5. The lowest BCUT2D eigenvalue weighted by atomic mass is 9.84. The van der Waals surface area contributed by atoms with Gasteiger partial charge in [0.05, 0.1) is 13.2 Å². The topological polar surface area (TPSA) is 24.5 Å². The maximum Gasteiger partial charge on any atom is 0.0672 e. The Balaban J connectivity index is 2.44. The Morgan fingerprint density at radius 2 is 2.11 bits per heavy atom. The maximum absolute atomic E-state index is 5.65. The van der Waals surface area contributed by atoms with E-state index in [4.69, 9.17) is 4.74 Å². The Kier molecular flexibility index (Phi) is 6.51. The normalized spacial score (nSPS) is 25.5. The Morgan fingerprint density at radius 3 is 2.63 bits per heavy atom. The molecule has 0 aromatic carbocycles. The van der Waals surface area contributed by atoms with Crippen molar-refractivity contribution in [2.45, 2.75) is 53.1 Å². The van der Waals surface area contributed by atoms with Gasteiger partial charge in [-0.15, -0.1) is 0 Å². The summed E-state index contributed by atoms with van der Waals surface area (Å²) in [6, 6.07) is 1.21. The quantitative estimate of drug-likeness (QED) is 0.592. The van der Waals surface area contributed by atoms with E-state index in [1.165, 1.54) is 6.42 Å². The highest BCUT2D eigenvalue weighted by Gasteiger charge is 2.32. The van der Waals surface area contributed by atoms with Crippen LogP contribution >= 0.6 is 0 Å². The molecule has 0 radical (unpaired) electrons. The van der Waals surface area contributed by atoms with Gasteiger partial charge in [0.25, 0.3) is 0 Å². The average Bonchev–Trinajstić information content (AvgIpc) is 2.33. The van der Waals surface area contributed by atoms with Gasteiger partial charge in [0.1, 0.15) is 0 Å². The molecule has 112 valence electrons. The van der Waals surface area contributed by atoms with E-state index in [0.717, 1.165) is 31.8 Å². The Hall–Kier alpha value is -0.380. The molecule has 1 heterocycles. The van der Waals surface area contributed by atoms with Crippen LogP contribution in [0.4, 0.5) is 0 Å². The molecule has 2 atom stereocenters. The summed E-state index contributed by atoms with van der Waals surface area (Å²) in [5.74, 6) is 0. The van der Waals surface area contributed by atoms with Gasteiger partial charge in [0.15, 0.2) is 0 Å². The summed E-state index contributed by atoms with van der Waals surface area (Å²) in [4.78, 5) is 2.59. The molecule has 1 fully saturated rings. The molecule has 0 aliphatic carbocycles. The molecule has 0 saturated carbocycles. The van der Waals surface area contributed by atoms with Crippen LogP contribution in [-0.2, 0) is 4.74 Å². The van der Waals surface area contributed by atoms with Crippen molar-refractivity contribution in [3.8, 4) is 0 Å². The maximum atomic E-state index is 5.65. The van der Waals surface area contributed by atoms with Gasteiger partial charge in [-0.3, -0.25) is 4.90 Å². The van der Waals surface area contributed by atoms with Crippen LogP contribution in [0.1, 0.15) is 41.0 Å². The van der Waals surface area contributed by atoms with Crippen molar-refractivity contribution < 1.29 is 4.74 Å². The molecule has 3 heteroatoms. The van der Waals surface area contributed by atoms with Crippen molar-refractivity contribution in [1.29, 1.82) is 0 Å². The summed E-state index contributed by atoms with van der Waals surface area (Å²) in [6.45, 7) is 19.8. The minimum absolute atomic E-state index is 0.315. The lowest BCUT2D eigenvalue weighted by Gasteiger charge is -2.45. The summed E-state index contributed by atoms with van der Waals surface area (Å²) < 4.78 is 5.65. The fourth-order valence-corrected chi connectivity index (χ4v) is 2.54. The first-order valence-electron chi connectivity index (χ1n) is 7.54. The van der Waals surface area contributed by atoms with E-state index < -0.39 is 0 Å². The van der Waals surface area contributed by atoms with Crippen LogP contribution in [-0.4, -0.2) is 49.8 Å². The van der Waals surface area contributed by atoms with Crippen LogP contribution in [0.25, 0.3) is 0 Å². The van der Waals surface area contributed by atoms with Gasteiger partial charge in [-0.2, -0.15) is 0 Å². The second-order valence-electron chi connectivity index (χ2n) is 6.89. The summed E-state index contributed by atoms with van der Waals surface area (Å²) in [7, 11) is 0. The molecule has 0 amide bonds. The van der Waals surface area contributed by atoms with E-state index in [1.807, 2.05) is 6.92 Å². The Labute approximate surface area is 119 Å². The van der Waals surface area contributed by atoms with Gasteiger partial charge in [-0.25, -0.2) is 0 Å². The van der Waals surface area contributed by atoms with Crippen LogP contribution in [0, 0.1) is 5.41 Å². The zero-order chi connectivity index (χ0) is 14.5. The van der Waals surface area contributed by atoms with Crippen LogP contribution in [0.2, 0.25) is 0 Å². The minimum Gasteiger partial charge on any atom is -0.376 e. The van der Waals surface area contributed by atoms with E-state index >= 15 is 0 Å². The molecule has 1 saturated heterocycles. The Morgan fingerprint density at radius 1 is 1.42 bits per heavy atom. The smallest absolute Gasteiger partial charge is 0.0672 e. The van der Waals surface area contributed by atoms with Gasteiger partial charge in [-0.1, -0.05) is 39.8 Å². The fourth-order valence-electron chi connectivity index (χ4n) is 2.54. The molecule has 0 spiro atoms. The number of hydrogen-bond acceptors (Lipinski definition) is 3.